The van der Waals surface area contributed by atoms with Crippen molar-refractivity contribution in [2.45, 2.75) is 34.6 Å². The van der Waals surface area contributed by atoms with Gasteiger partial charge in [0.25, 0.3) is 0 Å². The maximum absolute atomic E-state index is 4.94. The van der Waals surface area contributed by atoms with Gasteiger partial charge in [0, 0.05) is 22.2 Å². The van der Waals surface area contributed by atoms with Crippen molar-refractivity contribution in [1.29, 1.82) is 0 Å². The molecule has 0 saturated carbocycles. The topological polar surface area (TPSA) is 9.23 Å². The first-order chi connectivity index (χ1) is 31.1. The van der Waals surface area contributed by atoms with E-state index in [2.05, 4.69) is 248 Å². The average Bonchev–Trinajstić information content (AvgIpc) is 3.92. The number of aryl methyl sites for hydroxylation is 1. The molecule has 0 atom stereocenters. The van der Waals surface area contributed by atoms with Crippen LogP contribution in [0, 0.1) is 6.92 Å². The Hall–Kier alpha value is -5.04. The maximum atomic E-state index is 4.94. The minimum absolute atomic E-state index is 1.00. The van der Waals surface area contributed by atoms with Gasteiger partial charge >= 0.3 is 190 Å². The quantitative estimate of drug-likeness (QED) is 0.156. The molecular weight excluding hydrogens is 1020 g/mol. The fourth-order valence-corrected chi connectivity index (χ4v) is 14.5. The molecule has 0 aromatic heterocycles. The van der Waals surface area contributed by atoms with Gasteiger partial charge < -0.3 is 4.74 Å². The predicted molar refractivity (Wildman–Crippen MR) is 288 cm³/mol. The van der Waals surface area contributed by atoms with E-state index in [4.69, 9.17) is 4.74 Å². The molecule has 0 aliphatic carbocycles. The number of hydrogen-bond acceptors (Lipinski definition) is 1. The molecule has 0 radical (unpaired) electrons. The zero-order valence-corrected chi connectivity index (χ0v) is 43.0. The van der Waals surface area contributed by atoms with Crippen molar-refractivity contribution in [3.8, 4) is 44.5 Å². The fourth-order valence-electron chi connectivity index (χ4n) is 8.81. The Morgan fingerprint density at radius 2 is 0.688 bits per heavy atom. The standard InChI is InChI=1S/C27H19.C26H16Br2.C4H8O.3CH3.Sn/c1-19-16-24(25-12-10-20-6-2-4-8-22(20)17-25)14-15-27(19)26-13-11-21-7-3-5-9-23(21)18-26;27-25-16-24(22-12-10-18-6-2-4-8-20(18)14-22)26(28)15-23(25)21-11-9-17-5-1-3-7-19(17)13-21;1-2-4-5-3-1;;;;/h2-13,15-18H,1H3;1-16H;1-4H2;3*1H3;. The second-order valence-corrected chi connectivity index (χ2v) is 33.9. The van der Waals surface area contributed by atoms with E-state index in [0.29, 0.717) is 0 Å². The molecule has 316 valence electrons. The summed E-state index contributed by atoms with van der Waals surface area (Å²) in [5, 5.41) is 10.2. The minimum atomic E-state index is -2.39. The molecule has 1 aliphatic heterocycles. The molecule has 10 aromatic rings. The molecule has 64 heavy (non-hydrogen) atoms. The second-order valence-electron chi connectivity index (χ2n) is 17.8. The third-order valence-corrected chi connectivity index (χ3v) is 19.4. The Bertz CT molecular complexity index is 3170. The van der Waals surface area contributed by atoms with E-state index < -0.39 is 18.4 Å². The number of hydrogen-bond donors (Lipinski definition) is 0. The van der Waals surface area contributed by atoms with Gasteiger partial charge in [-0.05, 0) is 80.9 Å². The van der Waals surface area contributed by atoms with E-state index in [1.165, 1.54) is 106 Å². The first-order valence-electron chi connectivity index (χ1n) is 22.3. The van der Waals surface area contributed by atoms with E-state index >= 15 is 0 Å². The molecular formula is C60H52Br2OSn. The molecule has 4 heteroatoms. The van der Waals surface area contributed by atoms with E-state index in [1.54, 1.807) is 3.58 Å². The van der Waals surface area contributed by atoms with Crippen molar-refractivity contribution >= 4 is 96.9 Å². The molecule has 10 aromatic carbocycles. The summed E-state index contributed by atoms with van der Waals surface area (Å²) in [6.45, 7) is 4.26. The average molecular weight is 1070 g/mol. The Labute approximate surface area is 399 Å². The van der Waals surface area contributed by atoms with Gasteiger partial charge in [0.1, 0.15) is 0 Å². The zero-order chi connectivity index (χ0) is 44.2. The molecule has 1 aliphatic rings. The fraction of sp³-hybridized carbons (Fsp3) is 0.133. The van der Waals surface area contributed by atoms with E-state index in [9.17, 15) is 0 Å². The van der Waals surface area contributed by atoms with Crippen LogP contribution in [-0.4, -0.2) is 31.6 Å². The predicted octanol–water partition coefficient (Wildman–Crippen LogP) is 17.8. The summed E-state index contributed by atoms with van der Waals surface area (Å²) in [4.78, 5) is 7.57. The van der Waals surface area contributed by atoms with Crippen LogP contribution in [0.5, 0.6) is 0 Å². The van der Waals surface area contributed by atoms with Gasteiger partial charge in [0.2, 0.25) is 0 Å². The van der Waals surface area contributed by atoms with Gasteiger partial charge in [-0.3, -0.25) is 0 Å². The first-order valence-corrected chi connectivity index (χ1v) is 33.9. The van der Waals surface area contributed by atoms with Crippen molar-refractivity contribution < 1.29 is 4.74 Å². The molecule has 1 heterocycles. The van der Waals surface area contributed by atoms with Crippen LogP contribution < -0.4 is 3.58 Å². The summed E-state index contributed by atoms with van der Waals surface area (Å²) in [6.07, 6.45) is 2.56. The zero-order valence-electron chi connectivity index (χ0n) is 37.0. The van der Waals surface area contributed by atoms with Gasteiger partial charge in [0.05, 0.1) is 0 Å². The number of ether oxygens (including phenoxy) is 1. The van der Waals surface area contributed by atoms with Gasteiger partial charge in [0.15, 0.2) is 0 Å². The summed E-state index contributed by atoms with van der Waals surface area (Å²) < 4.78 is 8.72. The Balaban J connectivity index is 0.000000146. The monoisotopic (exact) mass is 1070 g/mol. The van der Waals surface area contributed by atoms with E-state index in [1.807, 2.05) is 0 Å². The summed E-state index contributed by atoms with van der Waals surface area (Å²) >= 11 is 5.22. The third kappa shape index (κ3) is 9.94. The van der Waals surface area contributed by atoms with Crippen LogP contribution in [0.2, 0.25) is 14.8 Å². The molecule has 1 saturated heterocycles. The third-order valence-electron chi connectivity index (χ3n) is 12.3. The second kappa shape index (κ2) is 19.6. The van der Waals surface area contributed by atoms with Crippen molar-refractivity contribution in [3.05, 3.63) is 209 Å². The normalized spacial score (nSPS) is 12.5. The molecule has 0 unspecified atom stereocenters. The summed E-state index contributed by atoms with van der Waals surface area (Å²) in [5.41, 5.74) is 11.6. The molecule has 11 rings (SSSR count). The van der Waals surface area contributed by atoms with Gasteiger partial charge in [-0.15, -0.1) is 0 Å². The number of fused-ring (bicyclic) bond motifs is 4. The van der Waals surface area contributed by atoms with Crippen molar-refractivity contribution in [2.75, 3.05) is 13.2 Å². The Morgan fingerprint density at radius 3 is 1.02 bits per heavy atom. The molecule has 1 nitrogen and oxygen atoms in total. The number of rotatable bonds is 5. The summed E-state index contributed by atoms with van der Waals surface area (Å²) in [5.74, 6) is 0. The molecule has 1 fully saturated rings. The van der Waals surface area contributed by atoms with E-state index in [-0.39, 0.29) is 0 Å². The SMILES string of the molecule is Brc1cc(-c2ccc3ccccc3c2)c(Br)cc1-c1ccc2ccccc2c1.C1CCOC1.Cc1cc(-c2ccc3ccccc3c2)[c]([Sn]([CH3])([CH3])[CH3])cc1-c1ccc2ccccc2c1. The van der Waals surface area contributed by atoms with Crippen LogP contribution in [0.4, 0.5) is 0 Å². The Kier molecular flexibility index (Phi) is 13.5. The van der Waals surface area contributed by atoms with Crippen LogP contribution in [0.25, 0.3) is 87.6 Å². The van der Waals surface area contributed by atoms with Crippen LogP contribution in [0.3, 0.4) is 0 Å². The Morgan fingerprint density at radius 1 is 0.359 bits per heavy atom. The van der Waals surface area contributed by atoms with Crippen LogP contribution in [0.15, 0.2) is 203 Å². The first kappa shape index (κ1) is 44.2. The summed E-state index contributed by atoms with van der Waals surface area (Å²) in [6, 6.07) is 70.6. The molecule has 0 bridgehead atoms. The van der Waals surface area contributed by atoms with Crippen molar-refractivity contribution in [3.63, 3.8) is 0 Å². The molecule has 0 spiro atoms. The molecule has 0 N–H and O–H groups in total. The summed E-state index contributed by atoms with van der Waals surface area (Å²) in [7, 11) is 0. The van der Waals surface area contributed by atoms with Crippen LogP contribution in [-0.2, 0) is 4.74 Å². The van der Waals surface area contributed by atoms with Gasteiger partial charge in [-0.1, -0.05) is 105 Å². The van der Waals surface area contributed by atoms with Crippen LogP contribution >= 0.6 is 31.9 Å². The number of benzene rings is 10. The van der Waals surface area contributed by atoms with Crippen LogP contribution in [0.1, 0.15) is 18.4 Å². The van der Waals surface area contributed by atoms with Gasteiger partial charge in [-0.2, -0.15) is 0 Å². The van der Waals surface area contributed by atoms with Crippen molar-refractivity contribution in [1.82, 2.24) is 0 Å². The van der Waals surface area contributed by atoms with Gasteiger partial charge in [-0.25, -0.2) is 0 Å². The number of halogens is 2. The molecule has 0 amide bonds. The van der Waals surface area contributed by atoms with Crippen molar-refractivity contribution in [2.24, 2.45) is 0 Å². The van der Waals surface area contributed by atoms with E-state index in [0.717, 1.165) is 22.2 Å².